The van der Waals surface area contributed by atoms with Crippen molar-refractivity contribution in [2.45, 2.75) is 38.8 Å². The van der Waals surface area contributed by atoms with Gasteiger partial charge in [0.05, 0.1) is 6.10 Å². The number of carbonyl (C=O) groups excluding carboxylic acids is 1. The number of carbonyl (C=O) groups is 1. The molecule has 14 heavy (non-hydrogen) atoms. The maximum absolute atomic E-state index is 11.1. The number of hydrogen-bond acceptors (Lipinski definition) is 3. The van der Waals surface area contributed by atoms with E-state index in [1.807, 2.05) is 13.8 Å². The first-order valence-corrected chi connectivity index (χ1v) is 5.30. The van der Waals surface area contributed by atoms with Gasteiger partial charge in [-0.1, -0.05) is 0 Å². The maximum atomic E-state index is 11.1. The lowest BCUT2D eigenvalue weighted by Gasteiger charge is -2.08. The van der Waals surface area contributed by atoms with Gasteiger partial charge in [0.25, 0.3) is 0 Å². The van der Waals surface area contributed by atoms with Crippen LogP contribution in [0.3, 0.4) is 0 Å². The molecule has 0 radical (unpaired) electrons. The summed E-state index contributed by atoms with van der Waals surface area (Å²) in [5, 5.41) is 6.12. The summed E-state index contributed by atoms with van der Waals surface area (Å²) in [7, 11) is 0. The Labute approximate surface area is 85.4 Å². The Morgan fingerprint density at radius 1 is 1.43 bits per heavy atom. The van der Waals surface area contributed by atoms with Crippen molar-refractivity contribution in [3.05, 3.63) is 0 Å². The smallest absolute Gasteiger partial charge is 0.246 e. The molecule has 1 aliphatic carbocycles. The predicted octanol–water partition coefficient (Wildman–Crippen LogP) is 0.280. The minimum atomic E-state index is -0.0312. The normalized spacial score (nSPS) is 15.9. The van der Waals surface area contributed by atoms with E-state index in [2.05, 4.69) is 10.6 Å². The fraction of sp³-hybridized carbons (Fsp3) is 0.900. The van der Waals surface area contributed by atoms with Crippen LogP contribution in [-0.2, 0) is 9.53 Å². The highest BCUT2D eigenvalue weighted by atomic mass is 16.5. The molecule has 0 heterocycles. The highest BCUT2D eigenvalue weighted by Crippen LogP contribution is 2.17. The zero-order valence-corrected chi connectivity index (χ0v) is 9.01. The topological polar surface area (TPSA) is 50.4 Å². The first kappa shape index (κ1) is 11.5. The van der Waals surface area contributed by atoms with Crippen molar-refractivity contribution in [3.8, 4) is 0 Å². The molecule has 2 N–H and O–H groups in total. The number of hydrogen-bond donors (Lipinski definition) is 2. The third-order valence-corrected chi connectivity index (χ3v) is 2.01. The molecule has 1 saturated carbocycles. The number of rotatable bonds is 7. The second kappa shape index (κ2) is 5.98. The second-order valence-electron chi connectivity index (χ2n) is 3.94. The van der Waals surface area contributed by atoms with E-state index in [1.54, 1.807) is 0 Å². The minimum absolute atomic E-state index is 0.0312. The van der Waals surface area contributed by atoms with Crippen molar-refractivity contribution >= 4 is 5.91 Å². The zero-order valence-electron chi connectivity index (χ0n) is 9.01. The molecule has 1 fully saturated rings. The molecule has 0 spiro atoms. The number of ether oxygens (including phenoxy) is 1. The van der Waals surface area contributed by atoms with Crippen LogP contribution in [0.4, 0.5) is 0 Å². The van der Waals surface area contributed by atoms with Crippen molar-refractivity contribution in [3.63, 3.8) is 0 Å². The fourth-order valence-electron chi connectivity index (χ4n) is 1.06. The van der Waals surface area contributed by atoms with Gasteiger partial charge < -0.3 is 15.4 Å². The van der Waals surface area contributed by atoms with Gasteiger partial charge in [0.15, 0.2) is 0 Å². The Morgan fingerprint density at radius 2 is 2.14 bits per heavy atom. The average molecular weight is 200 g/mol. The Bertz CT molecular complexity index is 179. The van der Waals surface area contributed by atoms with Gasteiger partial charge >= 0.3 is 0 Å². The van der Waals surface area contributed by atoms with Crippen LogP contribution in [0.25, 0.3) is 0 Å². The van der Waals surface area contributed by atoms with E-state index in [4.69, 9.17) is 4.74 Å². The quantitative estimate of drug-likeness (QED) is 0.580. The largest absolute Gasteiger partial charge is 0.369 e. The molecule has 0 atom stereocenters. The van der Waals surface area contributed by atoms with Gasteiger partial charge in [-0.05, 0) is 26.7 Å². The monoisotopic (exact) mass is 200 g/mol. The van der Waals surface area contributed by atoms with Gasteiger partial charge in [0.2, 0.25) is 5.91 Å². The highest BCUT2D eigenvalue weighted by molar-refractivity contribution is 5.77. The van der Waals surface area contributed by atoms with E-state index in [0.717, 1.165) is 6.54 Å². The van der Waals surface area contributed by atoms with Crippen LogP contribution < -0.4 is 10.6 Å². The summed E-state index contributed by atoms with van der Waals surface area (Å²) >= 11 is 0. The lowest BCUT2D eigenvalue weighted by atomic mass is 10.5. The molecular weight excluding hydrogens is 180 g/mol. The molecule has 0 bridgehead atoms. The molecule has 82 valence electrons. The van der Waals surface area contributed by atoms with Gasteiger partial charge in [-0.15, -0.1) is 0 Å². The minimum Gasteiger partial charge on any atom is -0.369 e. The molecular formula is C10H20N2O2. The maximum Gasteiger partial charge on any atom is 0.246 e. The van der Waals surface area contributed by atoms with Crippen molar-refractivity contribution in [1.82, 2.24) is 10.6 Å². The van der Waals surface area contributed by atoms with Crippen LogP contribution >= 0.6 is 0 Å². The van der Waals surface area contributed by atoms with Crippen LogP contribution in [0.2, 0.25) is 0 Å². The van der Waals surface area contributed by atoms with Gasteiger partial charge in [-0.2, -0.15) is 0 Å². The third kappa shape index (κ3) is 5.94. The average Bonchev–Trinajstić information content (AvgIpc) is 2.92. The number of amides is 1. The summed E-state index contributed by atoms with van der Waals surface area (Å²) in [6, 6.07) is 0.707. The van der Waals surface area contributed by atoms with Crippen molar-refractivity contribution in [2.24, 2.45) is 0 Å². The first-order chi connectivity index (χ1) is 6.68. The van der Waals surface area contributed by atoms with Crippen LogP contribution in [0, 0.1) is 0 Å². The SMILES string of the molecule is CC(C)OCC(=O)NCCNC1CC1. The summed E-state index contributed by atoms with van der Waals surface area (Å²) in [6.07, 6.45) is 2.68. The molecule has 1 aliphatic rings. The van der Waals surface area contributed by atoms with Gasteiger partial charge in [0, 0.05) is 19.1 Å². The summed E-state index contributed by atoms with van der Waals surface area (Å²) in [6.45, 7) is 5.56. The molecule has 0 aromatic heterocycles. The fourth-order valence-corrected chi connectivity index (χ4v) is 1.06. The standard InChI is InChI=1S/C10H20N2O2/c1-8(2)14-7-10(13)12-6-5-11-9-3-4-9/h8-9,11H,3-7H2,1-2H3,(H,12,13). The van der Waals surface area contributed by atoms with Crippen LogP contribution in [0.15, 0.2) is 0 Å². The molecule has 0 unspecified atom stereocenters. The van der Waals surface area contributed by atoms with Crippen molar-refractivity contribution in [1.29, 1.82) is 0 Å². The molecule has 0 aromatic rings. The Kier molecular flexibility index (Phi) is 4.90. The Morgan fingerprint density at radius 3 is 2.71 bits per heavy atom. The molecule has 4 nitrogen and oxygen atoms in total. The third-order valence-electron chi connectivity index (χ3n) is 2.01. The molecule has 0 aliphatic heterocycles. The van der Waals surface area contributed by atoms with E-state index in [0.29, 0.717) is 12.6 Å². The van der Waals surface area contributed by atoms with E-state index in [-0.39, 0.29) is 18.6 Å². The Balaban J connectivity index is 1.86. The van der Waals surface area contributed by atoms with Crippen molar-refractivity contribution < 1.29 is 9.53 Å². The summed E-state index contributed by atoms with van der Waals surface area (Å²) in [5.41, 5.74) is 0. The molecule has 0 saturated heterocycles. The molecule has 1 amide bonds. The van der Waals surface area contributed by atoms with Crippen molar-refractivity contribution in [2.75, 3.05) is 19.7 Å². The summed E-state index contributed by atoms with van der Waals surface area (Å²) < 4.78 is 5.16. The lowest BCUT2D eigenvalue weighted by molar-refractivity contribution is -0.127. The second-order valence-corrected chi connectivity index (χ2v) is 3.94. The number of nitrogens with one attached hydrogen (secondary N) is 2. The molecule has 0 aromatic carbocycles. The van der Waals surface area contributed by atoms with Crippen LogP contribution in [0.5, 0.6) is 0 Å². The van der Waals surface area contributed by atoms with Crippen LogP contribution in [-0.4, -0.2) is 37.7 Å². The summed E-state index contributed by atoms with van der Waals surface area (Å²) in [4.78, 5) is 11.1. The van der Waals surface area contributed by atoms with Gasteiger partial charge in [-0.3, -0.25) is 4.79 Å². The molecule has 1 rings (SSSR count). The van der Waals surface area contributed by atoms with E-state index < -0.39 is 0 Å². The highest BCUT2D eigenvalue weighted by Gasteiger charge is 2.19. The van der Waals surface area contributed by atoms with Gasteiger partial charge in [0.1, 0.15) is 6.61 Å². The molecule has 4 heteroatoms. The summed E-state index contributed by atoms with van der Waals surface area (Å²) in [5.74, 6) is -0.0312. The van der Waals surface area contributed by atoms with E-state index in [1.165, 1.54) is 12.8 Å². The lowest BCUT2D eigenvalue weighted by Crippen LogP contribution is -2.35. The van der Waals surface area contributed by atoms with E-state index in [9.17, 15) is 4.79 Å². The van der Waals surface area contributed by atoms with Gasteiger partial charge in [-0.25, -0.2) is 0 Å². The first-order valence-electron chi connectivity index (χ1n) is 5.30. The van der Waals surface area contributed by atoms with Crippen LogP contribution in [0.1, 0.15) is 26.7 Å². The predicted molar refractivity (Wildman–Crippen MR) is 55.1 cm³/mol. The zero-order chi connectivity index (χ0) is 10.4. The Hall–Kier alpha value is -0.610. The van der Waals surface area contributed by atoms with E-state index >= 15 is 0 Å².